The maximum atomic E-state index is 11.3. The van der Waals surface area contributed by atoms with Crippen LogP contribution in [-0.2, 0) is 0 Å². The average molecular weight is 233 g/mol. The van der Waals surface area contributed by atoms with Crippen molar-refractivity contribution in [1.29, 1.82) is 0 Å². The lowest BCUT2D eigenvalue weighted by molar-refractivity contribution is 1.02. The number of nitrogens with zero attached hydrogens (tertiary/aromatic N) is 1. The number of H-pyrrole nitrogens is 1. The molecule has 0 fully saturated rings. The smallest absolute Gasteiger partial charge is 0.275 e. The second-order valence-corrected chi connectivity index (χ2v) is 4.43. The second kappa shape index (κ2) is 4.40. The summed E-state index contributed by atoms with van der Waals surface area (Å²) in [4.78, 5) is 18.7. The molecule has 82 valence electrons. The van der Waals surface area contributed by atoms with Crippen LogP contribution in [0.15, 0.2) is 45.3 Å². The number of nitrogens with one attached hydrogen (secondary N) is 1. The number of aromatic nitrogens is 2. The van der Waals surface area contributed by atoms with E-state index in [0.717, 1.165) is 4.90 Å². The van der Waals surface area contributed by atoms with Gasteiger partial charge in [-0.25, -0.2) is 4.98 Å². The fourth-order valence-corrected chi connectivity index (χ4v) is 2.00. The van der Waals surface area contributed by atoms with Gasteiger partial charge in [-0.3, -0.25) is 4.79 Å². The first-order valence-electron chi connectivity index (χ1n) is 4.74. The molecule has 4 nitrogen and oxygen atoms in total. The molecule has 3 N–H and O–H groups in total. The number of aromatic amines is 1. The highest BCUT2D eigenvalue weighted by Gasteiger charge is 2.05. The summed E-state index contributed by atoms with van der Waals surface area (Å²) in [5, 5.41) is 0.535. The molecule has 0 amide bonds. The molecule has 0 spiro atoms. The van der Waals surface area contributed by atoms with Crippen LogP contribution in [0.4, 0.5) is 5.69 Å². The van der Waals surface area contributed by atoms with Gasteiger partial charge in [-0.1, -0.05) is 29.5 Å². The van der Waals surface area contributed by atoms with Crippen LogP contribution >= 0.6 is 11.8 Å². The largest absolute Gasteiger partial charge is 0.392 e. The first kappa shape index (κ1) is 10.8. The highest BCUT2D eigenvalue weighted by atomic mass is 32.2. The van der Waals surface area contributed by atoms with Gasteiger partial charge in [0.1, 0.15) is 10.7 Å². The molecule has 5 heteroatoms. The van der Waals surface area contributed by atoms with E-state index in [1.54, 1.807) is 0 Å². The molecular weight excluding hydrogens is 222 g/mol. The molecule has 1 aromatic heterocycles. The Labute approximate surface area is 96.9 Å². The minimum atomic E-state index is -0.301. The Balaban J connectivity index is 2.30. The van der Waals surface area contributed by atoms with Crippen LogP contribution < -0.4 is 11.3 Å². The molecule has 2 aromatic rings. The first-order chi connectivity index (χ1) is 7.66. The van der Waals surface area contributed by atoms with Crippen LogP contribution in [0.1, 0.15) is 5.56 Å². The zero-order valence-corrected chi connectivity index (χ0v) is 9.54. The summed E-state index contributed by atoms with van der Waals surface area (Å²) in [6.45, 7) is 2.02. The maximum Gasteiger partial charge on any atom is 0.275 e. The third-order valence-corrected chi connectivity index (χ3v) is 3.11. The maximum absolute atomic E-state index is 11.3. The van der Waals surface area contributed by atoms with Crippen molar-refractivity contribution in [2.75, 3.05) is 5.73 Å². The predicted octanol–water partition coefficient (Wildman–Crippen LogP) is 1.81. The van der Waals surface area contributed by atoms with Crippen LogP contribution in [0.3, 0.4) is 0 Å². The Hall–Kier alpha value is -1.75. The molecular formula is C11H11N3OS. The number of anilines is 1. The van der Waals surface area contributed by atoms with Gasteiger partial charge < -0.3 is 10.7 Å². The van der Waals surface area contributed by atoms with Gasteiger partial charge in [-0.2, -0.15) is 0 Å². The molecule has 1 aromatic carbocycles. The van der Waals surface area contributed by atoms with E-state index >= 15 is 0 Å². The van der Waals surface area contributed by atoms with E-state index in [9.17, 15) is 4.79 Å². The fraction of sp³-hybridized carbons (Fsp3) is 0.0909. The minimum Gasteiger partial charge on any atom is -0.392 e. The molecule has 0 bridgehead atoms. The lowest BCUT2D eigenvalue weighted by Crippen LogP contribution is -2.13. The number of hydrogen-bond acceptors (Lipinski definition) is 4. The van der Waals surface area contributed by atoms with Gasteiger partial charge in [0.25, 0.3) is 5.56 Å². The SMILES string of the molecule is Cc1ccc(Sc2nc[nH]c(=O)c2N)cc1. The zero-order chi connectivity index (χ0) is 11.5. The van der Waals surface area contributed by atoms with Gasteiger partial charge in [-0.05, 0) is 19.1 Å². The summed E-state index contributed by atoms with van der Waals surface area (Å²) in [6, 6.07) is 7.96. The molecule has 0 radical (unpaired) electrons. The van der Waals surface area contributed by atoms with Crippen LogP contribution in [0, 0.1) is 6.92 Å². The van der Waals surface area contributed by atoms with E-state index in [1.165, 1.54) is 23.7 Å². The number of benzene rings is 1. The highest BCUT2D eigenvalue weighted by Crippen LogP contribution is 2.27. The number of hydrogen-bond donors (Lipinski definition) is 2. The summed E-state index contributed by atoms with van der Waals surface area (Å²) < 4.78 is 0. The quantitative estimate of drug-likeness (QED) is 0.776. The van der Waals surface area contributed by atoms with Crippen molar-refractivity contribution in [2.24, 2.45) is 0 Å². The summed E-state index contributed by atoms with van der Waals surface area (Å²) in [5.41, 5.74) is 6.68. The van der Waals surface area contributed by atoms with Gasteiger partial charge in [0, 0.05) is 4.90 Å². The lowest BCUT2D eigenvalue weighted by atomic mass is 10.2. The van der Waals surface area contributed by atoms with Gasteiger partial charge in [-0.15, -0.1) is 0 Å². The van der Waals surface area contributed by atoms with Crippen molar-refractivity contribution < 1.29 is 0 Å². The number of nitrogens with two attached hydrogens (primary N) is 1. The Bertz CT molecular complexity index is 548. The molecule has 0 atom stereocenters. The van der Waals surface area contributed by atoms with Crippen molar-refractivity contribution in [3.05, 3.63) is 46.5 Å². The normalized spacial score (nSPS) is 10.3. The van der Waals surface area contributed by atoms with Gasteiger partial charge >= 0.3 is 0 Å². The molecule has 1 heterocycles. The van der Waals surface area contributed by atoms with Gasteiger partial charge in [0.05, 0.1) is 6.33 Å². The van der Waals surface area contributed by atoms with E-state index in [-0.39, 0.29) is 11.2 Å². The Kier molecular flexibility index (Phi) is 2.96. The molecule has 2 rings (SSSR count). The molecule has 0 saturated carbocycles. The monoisotopic (exact) mass is 233 g/mol. The number of rotatable bonds is 2. The third-order valence-electron chi connectivity index (χ3n) is 2.09. The summed E-state index contributed by atoms with van der Waals surface area (Å²) in [6.07, 6.45) is 1.36. The molecule has 16 heavy (non-hydrogen) atoms. The third kappa shape index (κ3) is 2.25. The van der Waals surface area contributed by atoms with Crippen LogP contribution in [0.5, 0.6) is 0 Å². The van der Waals surface area contributed by atoms with Crippen molar-refractivity contribution in [1.82, 2.24) is 9.97 Å². The van der Waals surface area contributed by atoms with E-state index in [1.807, 2.05) is 31.2 Å². The molecule has 0 unspecified atom stereocenters. The van der Waals surface area contributed by atoms with Gasteiger partial charge in [0.15, 0.2) is 0 Å². The zero-order valence-electron chi connectivity index (χ0n) is 8.73. The summed E-state index contributed by atoms with van der Waals surface area (Å²) >= 11 is 1.38. The Morgan fingerprint density at radius 1 is 1.31 bits per heavy atom. The minimum absolute atomic E-state index is 0.160. The van der Waals surface area contributed by atoms with Crippen molar-refractivity contribution >= 4 is 17.4 Å². The second-order valence-electron chi connectivity index (χ2n) is 3.37. The van der Waals surface area contributed by atoms with Crippen molar-refractivity contribution in [3.8, 4) is 0 Å². The first-order valence-corrected chi connectivity index (χ1v) is 5.56. The van der Waals surface area contributed by atoms with E-state index in [4.69, 9.17) is 5.73 Å². The molecule has 0 saturated heterocycles. The van der Waals surface area contributed by atoms with Crippen molar-refractivity contribution in [2.45, 2.75) is 16.8 Å². The van der Waals surface area contributed by atoms with E-state index < -0.39 is 0 Å². The molecule has 0 aliphatic heterocycles. The average Bonchev–Trinajstić information content (AvgIpc) is 2.28. The molecule has 0 aliphatic carbocycles. The topological polar surface area (TPSA) is 71.8 Å². The fourth-order valence-electron chi connectivity index (χ4n) is 1.19. The standard InChI is InChI=1S/C11H11N3OS/c1-7-2-4-8(5-3-7)16-11-9(12)10(15)13-6-14-11/h2-6H,12H2,1H3,(H,13,14,15). The van der Waals surface area contributed by atoms with E-state index in [2.05, 4.69) is 9.97 Å². The van der Waals surface area contributed by atoms with Gasteiger partial charge in [0.2, 0.25) is 0 Å². The summed E-state index contributed by atoms with van der Waals surface area (Å²) in [5.74, 6) is 0. The number of aryl methyl sites for hydroxylation is 1. The highest BCUT2D eigenvalue weighted by molar-refractivity contribution is 7.99. The van der Waals surface area contributed by atoms with Crippen molar-refractivity contribution in [3.63, 3.8) is 0 Å². The Morgan fingerprint density at radius 3 is 2.69 bits per heavy atom. The van der Waals surface area contributed by atoms with Crippen LogP contribution in [0.25, 0.3) is 0 Å². The summed E-state index contributed by atoms with van der Waals surface area (Å²) in [7, 11) is 0. The molecule has 0 aliphatic rings. The predicted molar refractivity (Wildman–Crippen MR) is 64.6 cm³/mol. The Morgan fingerprint density at radius 2 is 2.00 bits per heavy atom. The lowest BCUT2D eigenvalue weighted by Gasteiger charge is -2.03. The number of nitrogen functional groups attached to an aromatic ring is 1. The van der Waals surface area contributed by atoms with Crippen LogP contribution in [0.2, 0.25) is 0 Å². The van der Waals surface area contributed by atoms with E-state index in [0.29, 0.717) is 5.03 Å². The van der Waals surface area contributed by atoms with Crippen LogP contribution in [-0.4, -0.2) is 9.97 Å².